The van der Waals surface area contributed by atoms with Crippen molar-refractivity contribution in [1.29, 1.82) is 0 Å². The van der Waals surface area contributed by atoms with Gasteiger partial charge < -0.3 is 5.32 Å². The maximum Gasteiger partial charge on any atom is 0.127 e. The second-order valence-corrected chi connectivity index (χ2v) is 4.22. The van der Waals surface area contributed by atoms with Crippen LogP contribution in [-0.2, 0) is 13.0 Å². The molecule has 0 aromatic heterocycles. The van der Waals surface area contributed by atoms with Gasteiger partial charge in [0.15, 0.2) is 0 Å². The Kier molecular flexibility index (Phi) is 2.55. The average molecular weight is 193 g/mol. The van der Waals surface area contributed by atoms with Crippen molar-refractivity contribution in [2.75, 3.05) is 6.54 Å². The van der Waals surface area contributed by atoms with Crippen LogP contribution in [0.1, 0.15) is 36.5 Å². The average Bonchev–Trinajstić information content (AvgIpc) is 2.17. The minimum Gasteiger partial charge on any atom is -0.312 e. The molecule has 0 bridgehead atoms. The fourth-order valence-electron chi connectivity index (χ4n) is 1.92. The normalized spacial score (nSPS) is 15.7. The van der Waals surface area contributed by atoms with Crippen molar-refractivity contribution < 1.29 is 4.39 Å². The molecule has 2 rings (SSSR count). The lowest BCUT2D eigenvalue weighted by Crippen LogP contribution is -2.24. The van der Waals surface area contributed by atoms with E-state index < -0.39 is 0 Å². The van der Waals surface area contributed by atoms with Gasteiger partial charge in [0.1, 0.15) is 5.82 Å². The van der Waals surface area contributed by atoms with Crippen molar-refractivity contribution in [3.05, 3.63) is 34.6 Å². The SMILES string of the molecule is CC(C)c1cc(F)c2c(c1)CNCC2. The van der Waals surface area contributed by atoms with Gasteiger partial charge in [-0.1, -0.05) is 19.9 Å². The zero-order valence-corrected chi connectivity index (χ0v) is 8.73. The Morgan fingerprint density at radius 1 is 1.36 bits per heavy atom. The molecule has 1 aliphatic heterocycles. The number of halogens is 1. The summed E-state index contributed by atoms with van der Waals surface area (Å²) in [5.74, 6) is 0.379. The number of rotatable bonds is 1. The van der Waals surface area contributed by atoms with Crippen LogP contribution in [0.3, 0.4) is 0 Å². The molecule has 0 saturated carbocycles. The minimum atomic E-state index is -0.0206. The van der Waals surface area contributed by atoms with Crippen molar-refractivity contribution in [1.82, 2.24) is 5.32 Å². The molecule has 1 aliphatic rings. The largest absolute Gasteiger partial charge is 0.312 e. The summed E-state index contributed by atoms with van der Waals surface area (Å²) in [6.07, 6.45) is 0.819. The second kappa shape index (κ2) is 3.70. The zero-order chi connectivity index (χ0) is 10.1. The quantitative estimate of drug-likeness (QED) is 0.723. The van der Waals surface area contributed by atoms with Gasteiger partial charge in [-0.15, -0.1) is 0 Å². The molecule has 0 saturated heterocycles. The van der Waals surface area contributed by atoms with Gasteiger partial charge in [-0.2, -0.15) is 0 Å². The van der Waals surface area contributed by atoms with Gasteiger partial charge in [0.25, 0.3) is 0 Å². The number of fused-ring (bicyclic) bond motifs is 1. The topological polar surface area (TPSA) is 12.0 Å². The number of hydrogen-bond donors (Lipinski definition) is 1. The van der Waals surface area contributed by atoms with Crippen LogP contribution in [0.25, 0.3) is 0 Å². The van der Waals surface area contributed by atoms with Crippen LogP contribution in [0.2, 0.25) is 0 Å². The summed E-state index contributed by atoms with van der Waals surface area (Å²) in [6, 6.07) is 3.82. The summed E-state index contributed by atoms with van der Waals surface area (Å²) in [6.45, 7) is 5.90. The predicted octanol–water partition coefficient (Wildman–Crippen LogP) is 2.59. The number of nitrogens with one attached hydrogen (secondary N) is 1. The Hall–Kier alpha value is -0.890. The molecule has 76 valence electrons. The fraction of sp³-hybridized carbons (Fsp3) is 0.500. The lowest BCUT2D eigenvalue weighted by molar-refractivity contribution is 0.565. The molecule has 0 atom stereocenters. The molecule has 2 heteroatoms. The molecule has 1 heterocycles. The van der Waals surface area contributed by atoms with Gasteiger partial charge in [0.2, 0.25) is 0 Å². The number of benzene rings is 1. The van der Waals surface area contributed by atoms with Gasteiger partial charge in [0.05, 0.1) is 0 Å². The Labute approximate surface area is 84.3 Å². The van der Waals surface area contributed by atoms with E-state index in [1.54, 1.807) is 6.07 Å². The first kappa shape index (κ1) is 9.66. The smallest absolute Gasteiger partial charge is 0.127 e. The van der Waals surface area contributed by atoms with Gasteiger partial charge in [0, 0.05) is 6.54 Å². The van der Waals surface area contributed by atoms with E-state index in [9.17, 15) is 4.39 Å². The van der Waals surface area contributed by atoms with E-state index in [1.165, 1.54) is 0 Å². The van der Waals surface area contributed by atoms with Crippen LogP contribution in [0.15, 0.2) is 12.1 Å². The molecule has 0 fully saturated rings. The van der Waals surface area contributed by atoms with Crippen LogP contribution in [0.4, 0.5) is 4.39 Å². The summed E-state index contributed by atoms with van der Waals surface area (Å²) < 4.78 is 13.7. The molecule has 0 spiro atoms. The molecule has 14 heavy (non-hydrogen) atoms. The number of hydrogen-bond acceptors (Lipinski definition) is 1. The molecule has 0 aliphatic carbocycles. The standard InChI is InChI=1S/C12H16FN/c1-8(2)9-5-10-7-14-4-3-11(10)12(13)6-9/h5-6,8,14H,3-4,7H2,1-2H3. The third-order valence-electron chi connectivity index (χ3n) is 2.84. The highest BCUT2D eigenvalue weighted by molar-refractivity contribution is 5.36. The van der Waals surface area contributed by atoms with E-state index >= 15 is 0 Å². The van der Waals surface area contributed by atoms with Crippen molar-refractivity contribution in [3.63, 3.8) is 0 Å². The lowest BCUT2D eigenvalue weighted by Gasteiger charge is -2.19. The van der Waals surface area contributed by atoms with E-state index in [4.69, 9.17) is 0 Å². The fourth-order valence-corrected chi connectivity index (χ4v) is 1.92. The summed E-state index contributed by atoms with van der Waals surface area (Å²) in [5.41, 5.74) is 3.15. The first-order valence-electron chi connectivity index (χ1n) is 5.20. The first-order valence-corrected chi connectivity index (χ1v) is 5.20. The van der Waals surface area contributed by atoms with Gasteiger partial charge in [-0.3, -0.25) is 0 Å². The highest BCUT2D eigenvalue weighted by atomic mass is 19.1. The lowest BCUT2D eigenvalue weighted by atomic mass is 9.93. The Morgan fingerprint density at radius 2 is 2.14 bits per heavy atom. The van der Waals surface area contributed by atoms with Gasteiger partial charge in [-0.25, -0.2) is 4.39 Å². The molecule has 0 unspecified atom stereocenters. The van der Waals surface area contributed by atoms with Crippen LogP contribution in [0.5, 0.6) is 0 Å². The molecule has 0 radical (unpaired) electrons. The van der Waals surface area contributed by atoms with Crippen LogP contribution in [0, 0.1) is 5.82 Å². The molecule has 0 amide bonds. The highest BCUT2D eigenvalue weighted by Crippen LogP contribution is 2.24. The predicted molar refractivity (Wildman–Crippen MR) is 55.9 cm³/mol. The van der Waals surface area contributed by atoms with E-state index in [0.29, 0.717) is 5.92 Å². The maximum atomic E-state index is 13.7. The first-order chi connectivity index (χ1) is 6.68. The van der Waals surface area contributed by atoms with Gasteiger partial charge in [-0.05, 0) is 41.6 Å². The van der Waals surface area contributed by atoms with E-state index in [2.05, 4.69) is 25.2 Å². The molecular formula is C12H16FN. The van der Waals surface area contributed by atoms with E-state index in [-0.39, 0.29) is 5.82 Å². The second-order valence-electron chi connectivity index (χ2n) is 4.22. The Morgan fingerprint density at radius 3 is 2.86 bits per heavy atom. The van der Waals surface area contributed by atoms with Crippen LogP contribution in [-0.4, -0.2) is 6.54 Å². The highest BCUT2D eigenvalue weighted by Gasteiger charge is 2.15. The van der Waals surface area contributed by atoms with Crippen LogP contribution >= 0.6 is 0 Å². The third kappa shape index (κ3) is 1.67. The van der Waals surface area contributed by atoms with Crippen molar-refractivity contribution in [2.45, 2.75) is 32.7 Å². The van der Waals surface area contributed by atoms with Crippen LogP contribution < -0.4 is 5.32 Å². The van der Waals surface area contributed by atoms with Crippen molar-refractivity contribution in [3.8, 4) is 0 Å². The monoisotopic (exact) mass is 193 g/mol. The molecule has 1 N–H and O–H groups in total. The summed E-state index contributed by atoms with van der Waals surface area (Å²) in [7, 11) is 0. The van der Waals surface area contributed by atoms with E-state index in [1.807, 2.05) is 0 Å². The molecular weight excluding hydrogens is 177 g/mol. The Balaban J connectivity index is 2.46. The minimum absolute atomic E-state index is 0.0206. The maximum absolute atomic E-state index is 13.7. The van der Waals surface area contributed by atoms with Gasteiger partial charge >= 0.3 is 0 Å². The summed E-state index contributed by atoms with van der Waals surface area (Å²) >= 11 is 0. The summed E-state index contributed by atoms with van der Waals surface area (Å²) in [4.78, 5) is 0. The third-order valence-corrected chi connectivity index (χ3v) is 2.84. The molecule has 1 nitrogen and oxygen atoms in total. The van der Waals surface area contributed by atoms with Crippen molar-refractivity contribution >= 4 is 0 Å². The summed E-state index contributed by atoms with van der Waals surface area (Å²) in [5, 5.41) is 3.27. The van der Waals surface area contributed by atoms with Crippen molar-refractivity contribution in [2.24, 2.45) is 0 Å². The Bertz CT molecular complexity index is 344. The molecule has 1 aromatic carbocycles. The molecule has 1 aromatic rings. The zero-order valence-electron chi connectivity index (χ0n) is 8.73. The van der Waals surface area contributed by atoms with E-state index in [0.717, 1.165) is 36.2 Å².